The first-order valence-corrected chi connectivity index (χ1v) is 10.3. The third-order valence-electron chi connectivity index (χ3n) is 5.82. The van der Waals surface area contributed by atoms with Crippen LogP contribution in [0.1, 0.15) is 27.3 Å². The van der Waals surface area contributed by atoms with E-state index in [0.717, 1.165) is 23.5 Å². The normalized spacial score (nSPS) is 14.0. The Morgan fingerprint density at radius 2 is 1.77 bits per heavy atom. The average molecular weight is 419 g/mol. The summed E-state index contributed by atoms with van der Waals surface area (Å²) in [6.45, 7) is 7.22. The molecule has 0 aliphatic carbocycles. The van der Waals surface area contributed by atoms with Crippen molar-refractivity contribution in [2.45, 2.75) is 20.4 Å². The highest BCUT2D eigenvalue weighted by molar-refractivity contribution is 5.96. The lowest BCUT2D eigenvalue weighted by molar-refractivity contribution is -0.385. The number of hydrogen-bond acceptors (Lipinski definition) is 5. The Kier molecular flexibility index (Phi) is 5.70. The van der Waals surface area contributed by atoms with Gasteiger partial charge in [-0.3, -0.25) is 14.9 Å². The zero-order chi connectivity index (χ0) is 22.0. The largest absolute Gasteiger partial charge is 0.353 e. The lowest BCUT2D eigenvalue weighted by Crippen LogP contribution is -2.49. The molecule has 160 valence electrons. The number of benzene rings is 1. The highest BCUT2D eigenvalue weighted by atomic mass is 16.6. The molecule has 1 fully saturated rings. The van der Waals surface area contributed by atoms with Crippen molar-refractivity contribution in [1.82, 2.24) is 14.5 Å². The first-order valence-electron chi connectivity index (χ1n) is 10.3. The molecule has 1 aliphatic rings. The number of nitro groups is 1. The SMILES string of the molecule is Cc1cc(C(=O)N2CCN(c3ccc([N+](=O)[O-])cn3)CC2)c(C)n1Cc1ccccc1. The van der Waals surface area contributed by atoms with E-state index in [2.05, 4.69) is 21.7 Å². The fourth-order valence-electron chi connectivity index (χ4n) is 4.01. The van der Waals surface area contributed by atoms with Crippen molar-refractivity contribution in [2.75, 3.05) is 31.1 Å². The highest BCUT2D eigenvalue weighted by Crippen LogP contribution is 2.21. The van der Waals surface area contributed by atoms with Crippen LogP contribution in [0.3, 0.4) is 0 Å². The standard InChI is InChI=1S/C23H25N5O3/c1-17-14-21(18(2)27(17)16-19-6-4-3-5-7-19)23(29)26-12-10-25(11-13-26)22-9-8-20(15-24-22)28(30)31/h3-9,14-15H,10-13,16H2,1-2H3. The molecular weight excluding hydrogens is 394 g/mol. The molecule has 1 aromatic carbocycles. The van der Waals surface area contributed by atoms with Crippen LogP contribution in [0.15, 0.2) is 54.7 Å². The monoisotopic (exact) mass is 419 g/mol. The summed E-state index contributed by atoms with van der Waals surface area (Å²) < 4.78 is 2.18. The van der Waals surface area contributed by atoms with Gasteiger partial charge in [-0.1, -0.05) is 30.3 Å². The van der Waals surface area contributed by atoms with Gasteiger partial charge in [-0.15, -0.1) is 0 Å². The maximum Gasteiger partial charge on any atom is 0.287 e. The van der Waals surface area contributed by atoms with Crippen LogP contribution in [0, 0.1) is 24.0 Å². The van der Waals surface area contributed by atoms with E-state index in [1.165, 1.54) is 17.8 Å². The van der Waals surface area contributed by atoms with Crippen LogP contribution in [-0.4, -0.2) is 51.5 Å². The van der Waals surface area contributed by atoms with Crippen LogP contribution in [-0.2, 0) is 6.54 Å². The molecule has 31 heavy (non-hydrogen) atoms. The lowest BCUT2D eigenvalue weighted by atomic mass is 10.2. The van der Waals surface area contributed by atoms with Crippen LogP contribution in [0.25, 0.3) is 0 Å². The summed E-state index contributed by atoms with van der Waals surface area (Å²) >= 11 is 0. The van der Waals surface area contributed by atoms with E-state index in [9.17, 15) is 14.9 Å². The summed E-state index contributed by atoms with van der Waals surface area (Å²) in [6.07, 6.45) is 1.27. The van der Waals surface area contributed by atoms with Crippen molar-refractivity contribution < 1.29 is 9.72 Å². The van der Waals surface area contributed by atoms with Crippen LogP contribution in [0.5, 0.6) is 0 Å². The summed E-state index contributed by atoms with van der Waals surface area (Å²) in [6, 6.07) is 15.3. The summed E-state index contributed by atoms with van der Waals surface area (Å²) in [4.78, 5) is 31.7. The summed E-state index contributed by atoms with van der Waals surface area (Å²) in [5, 5.41) is 10.8. The molecule has 1 aliphatic heterocycles. The molecule has 0 unspecified atom stereocenters. The van der Waals surface area contributed by atoms with Gasteiger partial charge in [0.15, 0.2) is 0 Å². The first-order chi connectivity index (χ1) is 14.9. The van der Waals surface area contributed by atoms with Gasteiger partial charge in [0.05, 0.1) is 10.5 Å². The molecule has 1 saturated heterocycles. The molecular formula is C23H25N5O3. The molecule has 2 aromatic heterocycles. The molecule has 8 heteroatoms. The fraction of sp³-hybridized carbons (Fsp3) is 0.304. The van der Waals surface area contributed by atoms with Crippen LogP contribution >= 0.6 is 0 Å². The second-order valence-corrected chi connectivity index (χ2v) is 7.77. The molecule has 1 amide bonds. The number of anilines is 1. The van der Waals surface area contributed by atoms with Crippen molar-refractivity contribution >= 4 is 17.4 Å². The Bertz CT molecular complexity index is 1080. The van der Waals surface area contributed by atoms with Gasteiger partial charge >= 0.3 is 0 Å². The van der Waals surface area contributed by atoms with Crippen molar-refractivity contribution in [2.24, 2.45) is 0 Å². The Morgan fingerprint density at radius 3 is 2.39 bits per heavy atom. The van der Waals surface area contributed by atoms with Crippen LogP contribution in [0.4, 0.5) is 11.5 Å². The minimum Gasteiger partial charge on any atom is -0.353 e. The molecule has 0 atom stereocenters. The zero-order valence-electron chi connectivity index (χ0n) is 17.7. The molecule has 8 nitrogen and oxygen atoms in total. The number of hydrogen-bond donors (Lipinski definition) is 0. The lowest BCUT2D eigenvalue weighted by Gasteiger charge is -2.35. The summed E-state index contributed by atoms with van der Waals surface area (Å²) in [5.74, 6) is 0.738. The van der Waals surface area contributed by atoms with Gasteiger partial charge in [0.2, 0.25) is 0 Å². The number of nitrogens with zero attached hydrogens (tertiary/aromatic N) is 5. The molecule has 4 rings (SSSR count). The Hall–Kier alpha value is -3.68. The van der Waals surface area contributed by atoms with Gasteiger partial charge in [0.1, 0.15) is 12.0 Å². The molecule has 3 heterocycles. The molecule has 0 spiro atoms. The number of aromatic nitrogens is 2. The van der Waals surface area contributed by atoms with Crippen molar-refractivity contribution in [3.63, 3.8) is 0 Å². The summed E-state index contributed by atoms with van der Waals surface area (Å²) in [7, 11) is 0. The topological polar surface area (TPSA) is 84.5 Å². The number of rotatable bonds is 5. The van der Waals surface area contributed by atoms with E-state index in [4.69, 9.17) is 0 Å². The minimum atomic E-state index is -0.457. The third-order valence-corrected chi connectivity index (χ3v) is 5.82. The van der Waals surface area contributed by atoms with Crippen LogP contribution < -0.4 is 4.90 Å². The zero-order valence-corrected chi connectivity index (χ0v) is 17.7. The molecule has 0 N–H and O–H groups in total. The maximum atomic E-state index is 13.2. The average Bonchev–Trinajstić information content (AvgIpc) is 3.08. The predicted octanol–water partition coefficient (Wildman–Crippen LogP) is 3.42. The van der Waals surface area contributed by atoms with Gasteiger partial charge in [-0.2, -0.15) is 0 Å². The number of pyridine rings is 1. The first kappa shape index (κ1) is 20.6. The predicted molar refractivity (Wildman–Crippen MR) is 118 cm³/mol. The van der Waals surface area contributed by atoms with E-state index in [0.29, 0.717) is 32.0 Å². The Balaban J connectivity index is 1.43. The number of piperazine rings is 1. The third kappa shape index (κ3) is 4.28. The van der Waals surface area contributed by atoms with Gasteiger partial charge in [0.25, 0.3) is 11.6 Å². The quantitative estimate of drug-likeness (QED) is 0.467. The number of carbonyl (C=O) groups is 1. The van der Waals surface area contributed by atoms with E-state index in [1.54, 1.807) is 6.07 Å². The highest BCUT2D eigenvalue weighted by Gasteiger charge is 2.26. The van der Waals surface area contributed by atoms with Gasteiger partial charge in [-0.25, -0.2) is 4.98 Å². The van der Waals surface area contributed by atoms with E-state index in [-0.39, 0.29) is 11.6 Å². The summed E-state index contributed by atoms with van der Waals surface area (Å²) in [5.41, 5.74) is 3.97. The second kappa shape index (κ2) is 8.59. The van der Waals surface area contributed by atoms with Crippen molar-refractivity contribution in [1.29, 1.82) is 0 Å². The van der Waals surface area contributed by atoms with Gasteiger partial charge < -0.3 is 14.4 Å². The Labute approximate surface area is 180 Å². The fourth-order valence-corrected chi connectivity index (χ4v) is 4.01. The van der Waals surface area contributed by atoms with Crippen molar-refractivity contribution in [3.05, 3.63) is 87.4 Å². The molecule has 0 bridgehead atoms. The van der Waals surface area contributed by atoms with Crippen molar-refractivity contribution in [3.8, 4) is 0 Å². The van der Waals surface area contributed by atoms with E-state index in [1.807, 2.05) is 47.9 Å². The molecule has 0 radical (unpaired) electrons. The molecule has 0 saturated carbocycles. The van der Waals surface area contributed by atoms with E-state index < -0.39 is 4.92 Å². The number of amides is 1. The number of aryl methyl sites for hydroxylation is 1. The minimum absolute atomic E-state index is 0.0246. The van der Waals surface area contributed by atoms with Gasteiger partial charge in [-0.05, 0) is 31.5 Å². The second-order valence-electron chi connectivity index (χ2n) is 7.77. The van der Waals surface area contributed by atoms with Crippen LogP contribution in [0.2, 0.25) is 0 Å². The number of carbonyl (C=O) groups excluding carboxylic acids is 1. The maximum absolute atomic E-state index is 13.2. The van der Waals surface area contributed by atoms with E-state index >= 15 is 0 Å². The van der Waals surface area contributed by atoms with Gasteiger partial charge in [0, 0.05) is 50.2 Å². The Morgan fingerprint density at radius 1 is 1.06 bits per heavy atom. The molecule has 3 aromatic rings. The smallest absolute Gasteiger partial charge is 0.287 e.